The van der Waals surface area contributed by atoms with E-state index in [2.05, 4.69) is 4.98 Å². The number of aromatic nitrogens is 4. The van der Waals surface area contributed by atoms with Crippen LogP contribution < -0.4 is 11.2 Å². The zero-order valence-corrected chi connectivity index (χ0v) is 12.6. The van der Waals surface area contributed by atoms with Crippen molar-refractivity contribution >= 4 is 21.0 Å². The summed E-state index contributed by atoms with van der Waals surface area (Å²) in [6.45, 7) is 2.21. The van der Waals surface area contributed by atoms with Gasteiger partial charge in [0.15, 0.2) is 11.2 Å². The van der Waals surface area contributed by atoms with E-state index in [0.29, 0.717) is 13.0 Å². The molecule has 2 aromatic heterocycles. The van der Waals surface area contributed by atoms with Crippen LogP contribution in [-0.4, -0.2) is 33.4 Å². The van der Waals surface area contributed by atoms with Crippen LogP contribution in [0.25, 0.3) is 11.2 Å². The first-order chi connectivity index (χ1) is 9.20. The first kappa shape index (κ1) is 14.5. The van der Waals surface area contributed by atoms with Crippen LogP contribution in [0.3, 0.4) is 0 Å². The molecule has 0 unspecified atom stereocenters. The predicted octanol–water partition coefficient (Wildman–Crippen LogP) is -0.753. The molecule has 0 radical (unpaired) electrons. The Labute approximate surface area is 115 Å². The molecule has 2 heterocycles. The molecule has 0 fully saturated rings. The maximum absolute atomic E-state index is 12.2. The van der Waals surface area contributed by atoms with Crippen molar-refractivity contribution in [1.29, 1.82) is 0 Å². The van der Waals surface area contributed by atoms with Gasteiger partial charge in [-0.1, -0.05) is 6.92 Å². The number of hydrogen-bond donors (Lipinski definition) is 0. The van der Waals surface area contributed by atoms with Crippen molar-refractivity contribution in [2.45, 2.75) is 25.0 Å². The first-order valence-corrected chi connectivity index (χ1v) is 7.95. The van der Waals surface area contributed by atoms with Crippen molar-refractivity contribution in [2.75, 3.05) is 6.26 Å². The highest BCUT2D eigenvalue weighted by Crippen LogP contribution is 2.16. The van der Waals surface area contributed by atoms with Gasteiger partial charge in [-0.3, -0.25) is 13.9 Å². The van der Waals surface area contributed by atoms with Crippen LogP contribution in [0.15, 0.2) is 14.7 Å². The normalized spacial score (nSPS) is 12.2. The number of imidazole rings is 1. The Morgan fingerprint density at radius 3 is 2.25 bits per heavy atom. The molecule has 0 spiro atoms. The van der Waals surface area contributed by atoms with Gasteiger partial charge in [-0.15, -0.1) is 0 Å². The summed E-state index contributed by atoms with van der Waals surface area (Å²) in [7, 11) is -0.776. The lowest BCUT2D eigenvalue weighted by Crippen LogP contribution is -2.37. The number of rotatable bonds is 3. The average molecular weight is 300 g/mol. The number of aryl methyl sites for hydroxylation is 2. The lowest BCUT2D eigenvalue weighted by Gasteiger charge is -2.06. The predicted molar refractivity (Wildman–Crippen MR) is 73.6 cm³/mol. The molecular formula is C11H16N4O4S. The maximum Gasteiger partial charge on any atom is 0.332 e. The van der Waals surface area contributed by atoms with Crippen LogP contribution >= 0.6 is 0 Å². The number of fused-ring (bicyclic) bond motifs is 1. The van der Waals surface area contributed by atoms with Crippen molar-refractivity contribution in [2.24, 2.45) is 14.1 Å². The third kappa shape index (κ3) is 1.98. The molecule has 0 N–H and O–H groups in total. The Hall–Kier alpha value is -1.90. The topological polar surface area (TPSA) is 96.0 Å². The van der Waals surface area contributed by atoms with Gasteiger partial charge in [0, 0.05) is 26.9 Å². The molecule has 110 valence electrons. The second kappa shape index (κ2) is 4.58. The van der Waals surface area contributed by atoms with Gasteiger partial charge in [0.25, 0.3) is 5.56 Å². The standard InChI is InChI=1S/C11H16N4O4S/c1-5-6-15-7-8(12-10(15)20(4,18)19)13(2)11(17)14(3)9(7)16/h5-6H2,1-4H3. The van der Waals surface area contributed by atoms with Gasteiger partial charge in [0.1, 0.15) is 0 Å². The van der Waals surface area contributed by atoms with Crippen molar-refractivity contribution < 1.29 is 8.42 Å². The highest BCUT2D eigenvalue weighted by molar-refractivity contribution is 7.90. The molecule has 0 aliphatic heterocycles. The summed E-state index contributed by atoms with van der Waals surface area (Å²) in [6.07, 6.45) is 1.67. The van der Waals surface area contributed by atoms with Gasteiger partial charge >= 0.3 is 5.69 Å². The van der Waals surface area contributed by atoms with Gasteiger partial charge in [0.05, 0.1) is 0 Å². The van der Waals surface area contributed by atoms with Crippen molar-refractivity contribution in [3.63, 3.8) is 0 Å². The highest BCUT2D eigenvalue weighted by Gasteiger charge is 2.23. The molecule has 0 saturated carbocycles. The fourth-order valence-electron chi connectivity index (χ4n) is 2.14. The monoisotopic (exact) mass is 300 g/mol. The van der Waals surface area contributed by atoms with E-state index < -0.39 is 21.1 Å². The minimum absolute atomic E-state index is 0.0898. The number of hydrogen-bond acceptors (Lipinski definition) is 5. The summed E-state index contributed by atoms with van der Waals surface area (Å²) in [5.41, 5.74) is -0.855. The van der Waals surface area contributed by atoms with Crippen LogP contribution in [0.4, 0.5) is 0 Å². The Morgan fingerprint density at radius 1 is 1.15 bits per heavy atom. The van der Waals surface area contributed by atoms with Gasteiger partial charge in [-0.05, 0) is 6.42 Å². The van der Waals surface area contributed by atoms with E-state index >= 15 is 0 Å². The van der Waals surface area contributed by atoms with Crippen LogP contribution in [0.2, 0.25) is 0 Å². The summed E-state index contributed by atoms with van der Waals surface area (Å²) in [6, 6.07) is 0. The Balaban J connectivity index is 3.12. The molecule has 0 aromatic carbocycles. The first-order valence-electron chi connectivity index (χ1n) is 6.06. The smallest absolute Gasteiger partial charge is 0.309 e. The van der Waals surface area contributed by atoms with E-state index in [1.54, 1.807) is 0 Å². The number of nitrogens with zero attached hydrogens (tertiary/aromatic N) is 4. The molecule has 0 aliphatic rings. The zero-order chi connectivity index (χ0) is 15.2. The molecule has 0 bridgehead atoms. The molecule has 2 rings (SSSR count). The molecule has 0 atom stereocenters. The summed E-state index contributed by atoms with van der Waals surface area (Å²) < 4.78 is 27.1. The highest BCUT2D eigenvalue weighted by atomic mass is 32.2. The maximum atomic E-state index is 12.2. The van der Waals surface area contributed by atoms with E-state index in [9.17, 15) is 18.0 Å². The fourth-order valence-corrected chi connectivity index (χ4v) is 2.98. The van der Waals surface area contributed by atoms with Gasteiger partial charge in [-0.2, -0.15) is 4.98 Å². The van der Waals surface area contributed by atoms with Gasteiger partial charge in [-0.25, -0.2) is 13.2 Å². The molecule has 0 aliphatic carbocycles. The lowest BCUT2D eigenvalue weighted by atomic mass is 10.4. The lowest BCUT2D eigenvalue weighted by molar-refractivity contribution is 0.567. The Morgan fingerprint density at radius 2 is 1.75 bits per heavy atom. The van der Waals surface area contributed by atoms with Crippen LogP contribution in [-0.2, 0) is 30.5 Å². The van der Waals surface area contributed by atoms with Crippen LogP contribution in [0.5, 0.6) is 0 Å². The Kier molecular flexibility index (Phi) is 3.32. The van der Waals surface area contributed by atoms with Crippen LogP contribution in [0.1, 0.15) is 13.3 Å². The number of sulfone groups is 1. The molecule has 2 aromatic rings. The van der Waals surface area contributed by atoms with Crippen LogP contribution in [0, 0.1) is 0 Å². The minimum atomic E-state index is -3.59. The van der Waals surface area contributed by atoms with E-state index in [0.717, 1.165) is 10.8 Å². The summed E-state index contributed by atoms with van der Waals surface area (Å²) in [5, 5.41) is -0.187. The SMILES string of the molecule is CCCn1c(S(C)(=O)=O)nc2c1c(=O)n(C)c(=O)n2C. The quantitative estimate of drug-likeness (QED) is 0.743. The zero-order valence-electron chi connectivity index (χ0n) is 11.7. The second-order valence-corrected chi connectivity index (χ2v) is 6.61. The molecule has 0 saturated heterocycles. The molecular weight excluding hydrogens is 284 g/mol. The van der Waals surface area contributed by atoms with Gasteiger partial charge < -0.3 is 4.57 Å². The van der Waals surface area contributed by atoms with E-state index in [1.807, 2.05) is 6.92 Å². The van der Waals surface area contributed by atoms with Crippen molar-refractivity contribution in [1.82, 2.24) is 18.7 Å². The average Bonchev–Trinajstić information content (AvgIpc) is 2.74. The van der Waals surface area contributed by atoms with E-state index in [-0.39, 0.29) is 16.3 Å². The summed E-state index contributed by atoms with van der Waals surface area (Å²) >= 11 is 0. The third-order valence-corrected chi connectivity index (χ3v) is 4.07. The summed E-state index contributed by atoms with van der Waals surface area (Å²) in [5.74, 6) is 0. The summed E-state index contributed by atoms with van der Waals surface area (Å²) in [4.78, 5) is 28.1. The largest absolute Gasteiger partial charge is 0.332 e. The van der Waals surface area contributed by atoms with E-state index in [4.69, 9.17) is 0 Å². The molecule has 0 amide bonds. The van der Waals surface area contributed by atoms with Gasteiger partial charge in [0.2, 0.25) is 15.0 Å². The van der Waals surface area contributed by atoms with E-state index in [1.165, 1.54) is 23.2 Å². The van der Waals surface area contributed by atoms with Crippen molar-refractivity contribution in [3.8, 4) is 0 Å². The Bertz CT molecular complexity index is 901. The van der Waals surface area contributed by atoms with Crippen molar-refractivity contribution in [3.05, 3.63) is 20.8 Å². The third-order valence-electron chi connectivity index (χ3n) is 3.09. The molecule has 9 heteroatoms. The fraction of sp³-hybridized carbons (Fsp3) is 0.545. The molecule has 20 heavy (non-hydrogen) atoms. The second-order valence-electron chi connectivity index (χ2n) is 4.70. The molecule has 8 nitrogen and oxygen atoms in total. The minimum Gasteiger partial charge on any atom is -0.309 e.